The number of fused-ring (bicyclic) bond motifs is 1. The summed E-state index contributed by atoms with van der Waals surface area (Å²) in [5, 5.41) is 1.86. The normalized spacial score (nSPS) is 12.4. The van der Waals surface area contributed by atoms with Crippen molar-refractivity contribution in [3.63, 3.8) is 0 Å². The summed E-state index contributed by atoms with van der Waals surface area (Å²) in [4.78, 5) is 10.9. The summed E-state index contributed by atoms with van der Waals surface area (Å²) in [5.41, 5.74) is 0. The van der Waals surface area contributed by atoms with Crippen LogP contribution < -0.4 is 4.74 Å². The summed E-state index contributed by atoms with van der Waals surface area (Å²) < 4.78 is 5.40. The molecule has 0 aliphatic carbocycles. The van der Waals surface area contributed by atoms with E-state index in [0.29, 0.717) is 10.8 Å². The first kappa shape index (κ1) is 12.2. The number of hydrogen-bond acceptors (Lipinski definition) is 2. The average Bonchev–Trinajstić information content (AvgIpc) is 2.33. The van der Waals surface area contributed by atoms with Crippen molar-refractivity contribution in [3.8, 4) is 5.75 Å². The van der Waals surface area contributed by atoms with Crippen LogP contribution in [0.15, 0.2) is 36.4 Å². The van der Waals surface area contributed by atoms with Gasteiger partial charge in [0.05, 0.1) is 5.02 Å². The lowest BCUT2D eigenvalue weighted by molar-refractivity contribution is -0.117. The standard InChI is InChI=1S/C13H10Cl2O2/c1-8(13(15)16)17-11-7-6-9-4-2-3-5-10(9)12(11)14/h2-8H,1H3. The van der Waals surface area contributed by atoms with E-state index in [1.54, 1.807) is 13.0 Å². The van der Waals surface area contributed by atoms with Crippen LogP contribution in [0.2, 0.25) is 5.02 Å². The Balaban J connectivity index is 2.42. The Bertz CT molecular complexity index is 566. The Morgan fingerprint density at radius 3 is 2.65 bits per heavy atom. The SMILES string of the molecule is CC(Oc1ccc2ccccc2c1Cl)C(=O)Cl. The molecule has 0 aromatic heterocycles. The van der Waals surface area contributed by atoms with Gasteiger partial charge < -0.3 is 4.74 Å². The van der Waals surface area contributed by atoms with E-state index < -0.39 is 11.3 Å². The van der Waals surface area contributed by atoms with Crippen LogP contribution in [0.4, 0.5) is 0 Å². The zero-order valence-electron chi connectivity index (χ0n) is 9.11. The first-order valence-corrected chi connectivity index (χ1v) is 5.88. The van der Waals surface area contributed by atoms with Crippen LogP contribution in [0.5, 0.6) is 5.75 Å². The third-order valence-corrected chi connectivity index (χ3v) is 3.15. The maximum atomic E-state index is 10.9. The fourth-order valence-corrected chi connectivity index (χ4v) is 1.87. The zero-order valence-corrected chi connectivity index (χ0v) is 10.6. The lowest BCUT2D eigenvalue weighted by Gasteiger charge is -2.13. The van der Waals surface area contributed by atoms with Crippen molar-refractivity contribution < 1.29 is 9.53 Å². The van der Waals surface area contributed by atoms with Crippen LogP contribution in [0.1, 0.15) is 6.92 Å². The molecule has 1 unspecified atom stereocenters. The molecule has 0 aliphatic heterocycles. The molecule has 4 heteroatoms. The number of rotatable bonds is 3. The van der Waals surface area contributed by atoms with Crippen LogP contribution in [-0.2, 0) is 4.79 Å². The summed E-state index contributed by atoms with van der Waals surface area (Å²) in [7, 11) is 0. The summed E-state index contributed by atoms with van der Waals surface area (Å²) in [6.07, 6.45) is -0.713. The molecule has 17 heavy (non-hydrogen) atoms. The number of hydrogen-bond donors (Lipinski definition) is 0. The van der Waals surface area contributed by atoms with Crippen LogP contribution in [-0.4, -0.2) is 11.3 Å². The molecule has 88 valence electrons. The Kier molecular flexibility index (Phi) is 3.55. The summed E-state index contributed by atoms with van der Waals surface area (Å²) in [5.74, 6) is 0.465. The molecule has 0 saturated heterocycles. The maximum Gasteiger partial charge on any atom is 0.262 e. The summed E-state index contributed by atoms with van der Waals surface area (Å²) in [6.45, 7) is 1.58. The Morgan fingerprint density at radius 2 is 1.94 bits per heavy atom. The topological polar surface area (TPSA) is 26.3 Å². The Hall–Kier alpha value is -1.25. The van der Waals surface area contributed by atoms with Gasteiger partial charge in [-0.3, -0.25) is 4.79 Å². The van der Waals surface area contributed by atoms with Crippen LogP contribution in [0, 0.1) is 0 Å². The van der Waals surface area contributed by atoms with Gasteiger partial charge in [0.1, 0.15) is 5.75 Å². The number of halogens is 2. The number of ether oxygens (including phenoxy) is 1. The second kappa shape index (κ2) is 4.94. The van der Waals surface area contributed by atoms with Gasteiger partial charge in [0.2, 0.25) is 0 Å². The highest BCUT2D eigenvalue weighted by Gasteiger charge is 2.14. The van der Waals surface area contributed by atoms with Gasteiger partial charge in [-0.05, 0) is 30.0 Å². The van der Waals surface area contributed by atoms with Crippen molar-refractivity contribution in [1.82, 2.24) is 0 Å². The molecule has 0 aliphatic rings. The van der Waals surface area contributed by atoms with E-state index in [9.17, 15) is 4.79 Å². The highest BCUT2D eigenvalue weighted by Crippen LogP contribution is 2.33. The molecule has 0 radical (unpaired) electrons. The fraction of sp³-hybridized carbons (Fsp3) is 0.154. The monoisotopic (exact) mass is 268 g/mol. The lowest BCUT2D eigenvalue weighted by Crippen LogP contribution is -2.19. The van der Waals surface area contributed by atoms with E-state index in [-0.39, 0.29) is 0 Å². The largest absolute Gasteiger partial charge is 0.480 e. The smallest absolute Gasteiger partial charge is 0.262 e. The highest BCUT2D eigenvalue weighted by atomic mass is 35.5. The van der Waals surface area contributed by atoms with Gasteiger partial charge >= 0.3 is 0 Å². The van der Waals surface area contributed by atoms with Gasteiger partial charge in [0, 0.05) is 5.39 Å². The third-order valence-electron chi connectivity index (χ3n) is 2.45. The Labute approximate surface area is 109 Å². The van der Waals surface area contributed by atoms with Crippen molar-refractivity contribution in [2.45, 2.75) is 13.0 Å². The second-order valence-corrected chi connectivity index (χ2v) is 4.41. The summed E-state index contributed by atoms with van der Waals surface area (Å²) >= 11 is 11.6. The van der Waals surface area contributed by atoms with E-state index in [2.05, 4.69) is 0 Å². The van der Waals surface area contributed by atoms with Crippen molar-refractivity contribution in [2.24, 2.45) is 0 Å². The van der Waals surface area contributed by atoms with Gasteiger partial charge in [-0.15, -0.1) is 0 Å². The Morgan fingerprint density at radius 1 is 1.24 bits per heavy atom. The maximum absolute atomic E-state index is 10.9. The summed E-state index contributed by atoms with van der Waals surface area (Å²) in [6, 6.07) is 11.3. The third kappa shape index (κ3) is 2.54. The first-order valence-electron chi connectivity index (χ1n) is 5.13. The minimum atomic E-state index is -0.713. The number of carbonyl (C=O) groups is 1. The molecule has 1 atom stereocenters. The zero-order chi connectivity index (χ0) is 12.4. The number of carbonyl (C=O) groups excluding carboxylic acids is 1. The first-order chi connectivity index (χ1) is 8.09. The van der Waals surface area contributed by atoms with Crippen molar-refractivity contribution in [3.05, 3.63) is 41.4 Å². The van der Waals surface area contributed by atoms with E-state index in [1.807, 2.05) is 30.3 Å². The minimum Gasteiger partial charge on any atom is -0.480 e. The molecule has 0 fully saturated rings. The molecule has 0 heterocycles. The van der Waals surface area contributed by atoms with Crippen molar-refractivity contribution >= 4 is 39.2 Å². The van der Waals surface area contributed by atoms with Gasteiger partial charge in [-0.25, -0.2) is 0 Å². The molecule has 2 aromatic rings. The van der Waals surface area contributed by atoms with Crippen molar-refractivity contribution in [2.75, 3.05) is 0 Å². The van der Waals surface area contributed by atoms with Crippen molar-refractivity contribution in [1.29, 1.82) is 0 Å². The molecule has 0 bridgehead atoms. The van der Waals surface area contributed by atoms with Gasteiger partial charge in [0.15, 0.2) is 6.10 Å². The highest BCUT2D eigenvalue weighted by molar-refractivity contribution is 6.64. The van der Waals surface area contributed by atoms with E-state index in [1.165, 1.54) is 0 Å². The molecule has 2 nitrogen and oxygen atoms in total. The molecule has 2 rings (SSSR count). The molecule has 0 saturated carbocycles. The number of benzene rings is 2. The van der Waals surface area contributed by atoms with Crippen LogP contribution in [0.25, 0.3) is 10.8 Å². The predicted octanol–water partition coefficient (Wildman–Crippen LogP) is 4.03. The van der Waals surface area contributed by atoms with Gasteiger partial charge in [0.25, 0.3) is 5.24 Å². The molecular weight excluding hydrogens is 259 g/mol. The second-order valence-electron chi connectivity index (χ2n) is 3.66. The van der Waals surface area contributed by atoms with Crippen LogP contribution in [0.3, 0.4) is 0 Å². The van der Waals surface area contributed by atoms with E-state index in [0.717, 1.165) is 10.8 Å². The fourth-order valence-electron chi connectivity index (χ4n) is 1.54. The molecule has 0 spiro atoms. The molecular formula is C13H10Cl2O2. The quantitative estimate of drug-likeness (QED) is 0.786. The van der Waals surface area contributed by atoms with E-state index >= 15 is 0 Å². The molecule has 0 N–H and O–H groups in total. The van der Waals surface area contributed by atoms with E-state index in [4.69, 9.17) is 27.9 Å². The predicted molar refractivity (Wildman–Crippen MR) is 69.9 cm³/mol. The average molecular weight is 269 g/mol. The minimum absolute atomic E-state index is 0.465. The van der Waals surface area contributed by atoms with Gasteiger partial charge in [-0.1, -0.05) is 41.9 Å². The van der Waals surface area contributed by atoms with Crippen LogP contribution >= 0.6 is 23.2 Å². The molecule has 2 aromatic carbocycles. The van der Waals surface area contributed by atoms with Gasteiger partial charge in [-0.2, -0.15) is 0 Å². The lowest BCUT2D eigenvalue weighted by atomic mass is 10.1. The molecule has 0 amide bonds.